The highest BCUT2D eigenvalue weighted by Crippen LogP contribution is 2.44. The molecule has 214 valence electrons. The fraction of sp³-hybridized carbons (Fsp3) is 0.452. The molecule has 0 heterocycles. The Balaban J connectivity index is 1.19. The second-order valence-electron chi connectivity index (χ2n) is 10.6. The van der Waals surface area contributed by atoms with E-state index in [9.17, 15) is 29.7 Å². The number of rotatable bonds is 11. The largest absolute Gasteiger partial charge is 0.480 e. The van der Waals surface area contributed by atoms with Gasteiger partial charge < -0.3 is 30.7 Å². The molecule has 4 rings (SSSR count). The lowest BCUT2D eigenvalue weighted by Gasteiger charge is -2.32. The third-order valence-electron chi connectivity index (χ3n) is 7.74. The predicted molar refractivity (Wildman–Crippen MR) is 150 cm³/mol. The standard InChI is InChI=1S/C31H38N2O7/c34-27-16-3-1-2-9-17-31(27,39)19-28(35)32-18-10-8-15-26(29(36)37)33-30(38)40-20-25-23-13-6-4-11-21(23)22-12-5-7-14-24(22)25/h3-7,11-14,16,25-27,34,39H,1-2,8-10,15,17-20H2,(H,32,35)(H,33,38)(H,36,37)/b16-3-/t26-,27?,31?/m0/s1. The SMILES string of the molecule is O=C(CC1(O)CCCC/C=C\C1O)NCCCC[C@H](NC(=O)OCC1c2ccccc2-c2ccccc21)C(=O)O. The van der Waals surface area contributed by atoms with E-state index in [0.29, 0.717) is 19.3 Å². The Hall–Kier alpha value is -3.69. The van der Waals surface area contributed by atoms with Gasteiger partial charge in [0.05, 0.1) is 6.42 Å². The number of alkyl carbamates (subject to hydrolysis) is 1. The van der Waals surface area contributed by atoms with Crippen molar-refractivity contribution >= 4 is 18.0 Å². The van der Waals surface area contributed by atoms with Crippen molar-refractivity contribution in [1.29, 1.82) is 0 Å². The van der Waals surface area contributed by atoms with Crippen LogP contribution in [0, 0.1) is 0 Å². The van der Waals surface area contributed by atoms with Crippen LogP contribution < -0.4 is 10.6 Å². The number of amides is 2. The molecule has 2 aliphatic carbocycles. The molecule has 0 radical (unpaired) electrons. The van der Waals surface area contributed by atoms with Crippen LogP contribution in [0.15, 0.2) is 60.7 Å². The first-order valence-corrected chi connectivity index (χ1v) is 14.0. The van der Waals surface area contributed by atoms with Crippen LogP contribution in [0.1, 0.15) is 68.4 Å². The van der Waals surface area contributed by atoms with Gasteiger partial charge in [-0.3, -0.25) is 4.79 Å². The molecule has 40 heavy (non-hydrogen) atoms. The number of carbonyl (C=O) groups excluding carboxylic acids is 2. The van der Waals surface area contributed by atoms with Crippen LogP contribution in [0.3, 0.4) is 0 Å². The van der Waals surface area contributed by atoms with Crippen molar-refractivity contribution < 1.29 is 34.4 Å². The summed E-state index contributed by atoms with van der Waals surface area (Å²) in [6.45, 7) is 0.382. The highest BCUT2D eigenvalue weighted by molar-refractivity contribution is 5.81. The van der Waals surface area contributed by atoms with Gasteiger partial charge in [0, 0.05) is 12.5 Å². The molecule has 0 aliphatic heterocycles. The number of ether oxygens (including phenoxy) is 1. The van der Waals surface area contributed by atoms with Gasteiger partial charge in [-0.15, -0.1) is 0 Å². The van der Waals surface area contributed by atoms with Crippen molar-refractivity contribution in [2.45, 2.75) is 75.0 Å². The van der Waals surface area contributed by atoms with E-state index in [1.54, 1.807) is 6.08 Å². The number of hydrogen-bond acceptors (Lipinski definition) is 6. The molecule has 2 aromatic rings. The average Bonchev–Trinajstić information content (AvgIpc) is 3.25. The van der Waals surface area contributed by atoms with Gasteiger partial charge in [0.25, 0.3) is 0 Å². The Morgan fingerprint density at radius 1 is 1.00 bits per heavy atom. The molecule has 0 spiro atoms. The molecule has 5 N–H and O–H groups in total. The van der Waals surface area contributed by atoms with E-state index in [1.165, 1.54) is 0 Å². The summed E-state index contributed by atoms with van der Waals surface area (Å²) in [6, 6.07) is 14.8. The minimum absolute atomic E-state index is 0.0923. The summed E-state index contributed by atoms with van der Waals surface area (Å²) < 4.78 is 5.47. The highest BCUT2D eigenvalue weighted by Gasteiger charge is 2.36. The lowest BCUT2D eigenvalue weighted by Crippen LogP contribution is -2.46. The van der Waals surface area contributed by atoms with Gasteiger partial charge >= 0.3 is 12.1 Å². The average molecular weight is 551 g/mol. The molecule has 2 amide bonds. The number of allylic oxidation sites excluding steroid dienone is 1. The van der Waals surface area contributed by atoms with E-state index in [4.69, 9.17) is 4.74 Å². The Morgan fingerprint density at radius 3 is 2.35 bits per heavy atom. The molecule has 0 fully saturated rings. The molecule has 9 heteroatoms. The van der Waals surface area contributed by atoms with Crippen LogP contribution in [-0.4, -0.2) is 64.2 Å². The fourth-order valence-corrected chi connectivity index (χ4v) is 5.52. The number of nitrogens with one attached hydrogen (secondary N) is 2. The number of aliphatic carboxylic acids is 1. The van der Waals surface area contributed by atoms with E-state index < -0.39 is 29.8 Å². The van der Waals surface area contributed by atoms with Crippen molar-refractivity contribution in [2.75, 3.05) is 13.2 Å². The maximum atomic E-state index is 12.5. The third kappa shape index (κ3) is 7.28. The summed E-state index contributed by atoms with van der Waals surface area (Å²) in [7, 11) is 0. The number of aliphatic hydroxyl groups is 2. The van der Waals surface area contributed by atoms with Crippen LogP contribution in [0.5, 0.6) is 0 Å². The summed E-state index contributed by atoms with van der Waals surface area (Å²) >= 11 is 0. The van der Waals surface area contributed by atoms with E-state index in [-0.39, 0.29) is 37.8 Å². The molecule has 0 bridgehead atoms. The summed E-state index contributed by atoms with van der Waals surface area (Å²) in [5, 5.41) is 35.8. The number of fused-ring (bicyclic) bond motifs is 3. The van der Waals surface area contributed by atoms with Crippen LogP contribution in [0.4, 0.5) is 4.79 Å². The molecule has 2 unspecified atom stereocenters. The molecular weight excluding hydrogens is 512 g/mol. The molecule has 0 aromatic heterocycles. The highest BCUT2D eigenvalue weighted by atomic mass is 16.5. The maximum Gasteiger partial charge on any atom is 0.407 e. The molecular formula is C31H38N2O7. The summed E-state index contributed by atoms with van der Waals surface area (Å²) in [6.07, 6.45) is 5.16. The Morgan fingerprint density at radius 2 is 1.68 bits per heavy atom. The lowest BCUT2D eigenvalue weighted by atomic mass is 9.84. The normalized spacial score (nSPS) is 21.7. The van der Waals surface area contributed by atoms with Crippen molar-refractivity contribution in [2.24, 2.45) is 0 Å². The van der Waals surface area contributed by atoms with Crippen LogP contribution in [0.2, 0.25) is 0 Å². The molecule has 0 saturated heterocycles. The third-order valence-corrected chi connectivity index (χ3v) is 7.74. The summed E-state index contributed by atoms with van der Waals surface area (Å²) in [5.74, 6) is -1.66. The topological polar surface area (TPSA) is 145 Å². The van der Waals surface area contributed by atoms with E-state index in [2.05, 4.69) is 10.6 Å². The van der Waals surface area contributed by atoms with Crippen LogP contribution in [0.25, 0.3) is 11.1 Å². The van der Waals surface area contributed by atoms with Gasteiger partial charge in [-0.2, -0.15) is 0 Å². The van der Waals surface area contributed by atoms with Crippen LogP contribution in [-0.2, 0) is 14.3 Å². The lowest BCUT2D eigenvalue weighted by molar-refractivity contribution is -0.139. The number of carboxylic acids is 1. The quantitative estimate of drug-likeness (QED) is 0.211. The number of carbonyl (C=O) groups is 3. The number of hydrogen-bond donors (Lipinski definition) is 5. The van der Waals surface area contributed by atoms with Crippen LogP contribution >= 0.6 is 0 Å². The smallest absolute Gasteiger partial charge is 0.407 e. The number of carboxylic acid groups (broad SMARTS) is 1. The fourth-order valence-electron chi connectivity index (χ4n) is 5.52. The minimum Gasteiger partial charge on any atom is -0.480 e. The summed E-state index contributed by atoms with van der Waals surface area (Å²) in [4.78, 5) is 36.6. The first-order chi connectivity index (χ1) is 19.3. The van der Waals surface area contributed by atoms with Gasteiger partial charge in [-0.25, -0.2) is 9.59 Å². The van der Waals surface area contributed by atoms with Crippen molar-refractivity contribution in [3.8, 4) is 11.1 Å². The maximum absolute atomic E-state index is 12.5. The monoisotopic (exact) mass is 550 g/mol. The zero-order valence-electron chi connectivity index (χ0n) is 22.6. The number of benzene rings is 2. The van der Waals surface area contributed by atoms with Gasteiger partial charge in [0.2, 0.25) is 5.91 Å². The van der Waals surface area contributed by atoms with Crippen molar-refractivity contribution in [3.05, 3.63) is 71.8 Å². The number of unbranched alkanes of at least 4 members (excludes halogenated alkanes) is 1. The second kappa shape index (κ2) is 13.6. The predicted octanol–water partition coefficient (Wildman–Crippen LogP) is 3.88. The van der Waals surface area contributed by atoms with E-state index >= 15 is 0 Å². The first kappa shape index (κ1) is 29.3. The second-order valence-corrected chi connectivity index (χ2v) is 10.6. The zero-order chi connectivity index (χ0) is 28.5. The molecule has 0 saturated carbocycles. The Labute approximate surface area is 234 Å². The van der Waals surface area contributed by atoms with Gasteiger partial charge in [-0.05, 0) is 60.8 Å². The molecule has 2 aromatic carbocycles. The molecule has 3 atom stereocenters. The van der Waals surface area contributed by atoms with E-state index in [0.717, 1.165) is 41.5 Å². The van der Waals surface area contributed by atoms with Crippen molar-refractivity contribution in [1.82, 2.24) is 10.6 Å². The number of aliphatic hydroxyl groups excluding tert-OH is 1. The Kier molecular flexibility index (Phi) is 9.95. The minimum atomic E-state index is -1.50. The van der Waals surface area contributed by atoms with E-state index in [1.807, 2.05) is 54.6 Å². The van der Waals surface area contributed by atoms with Gasteiger partial charge in [-0.1, -0.05) is 67.1 Å². The summed E-state index contributed by atoms with van der Waals surface area (Å²) in [5.41, 5.74) is 2.85. The van der Waals surface area contributed by atoms with Gasteiger partial charge in [0.1, 0.15) is 24.4 Å². The van der Waals surface area contributed by atoms with Crippen molar-refractivity contribution in [3.63, 3.8) is 0 Å². The molecule has 2 aliphatic rings. The zero-order valence-corrected chi connectivity index (χ0v) is 22.6. The first-order valence-electron chi connectivity index (χ1n) is 14.0. The van der Waals surface area contributed by atoms with Gasteiger partial charge in [0.15, 0.2) is 0 Å². The molecule has 9 nitrogen and oxygen atoms in total. The Bertz CT molecular complexity index is 1180.